The van der Waals surface area contributed by atoms with Crippen LogP contribution in [0.3, 0.4) is 0 Å². The fourth-order valence-corrected chi connectivity index (χ4v) is 4.25. The van der Waals surface area contributed by atoms with E-state index in [4.69, 9.17) is 17.6 Å². The lowest BCUT2D eigenvalue weighted by atomic mass is 9.98. The van der Waals surface area contributed by atoms with Crippen LogP contribution in [0.5, 0.6) is 0 Å². The fraction of sp³-hybridized carbons (Fsp3) is 0.194. The summed E-state index contributed by atoms with van der Waals surface area (Å²) in [5, 5.41) is 10.8. The molecule has 3 aromatic carbocycles. The Hall–Kier alpha value is -5.21. The van der Waals surface area contributed by atoms with Gasteiger partial charge in [0.2, 0.25) is 0 Å². The number of carbonyl (C=O) groups excluding carboxylic acids is 3. The van der Waals surface area contributed by atoms with Crippen LogP contribution in [0.4, 0.5) is 32.3 Å². The molecule has 1 aliphatic rings. The lowest BCUT2D eigenvalue weighted by Gasteiger charge is -2.22. The fourth-order valence-electron chi connectivity index (χ4n) is 4.25. The van der Waals surface area contributed by atoms with Crippen LogP contribution >= 0.6 is 0 Å². The molecular weight excluding hydrogens is 492 g/mol. The summed E-state index contributed by atoms with van der Waals surface area (Å²) < 4.78 is 5.71. The van der Waals surface area contributed by atoms with Gasteiger partial charge in [0.1, 0.15) is 6.10 Å². The first-order valence-electron chi connectivity index (χ1n) is 12.6. The van der Waals surface area contributed by atoms with Gasteiger partial charge < -0.3 is 26.0 Å². The van der Waals surface area contributed by atoms with Gasteiger partial charge in [-0.05, 0) is 80.3 Å². The van der Waals surface area contributed by atoms with Crippen LogP contribution in [0, 0.1) is 24.7 Å². The van der Waals surface area contributed by atoms with E-state index in [-0.39, 0.29) is 23.0 Å². The van der Waals surface area contributed by atoms with Crippen LogP contribution in [0.25, 0.3) is 0 Å². The van der Waals surface area contributed by atoms with Gasteiger partial charge in [-0.25, -0.2) is 14.4 Å². The average molecular weight is 521 g/mol. The van der Waals surface area contributed by atoms with E-state index in [9.17, 15) is 14.4 Å². The molecule has 0 saturated heterocycles. The zero-order valence-corrected chi connectivity index (χ0v) is 21.3. The molecule has 0 bridgehead atoms. The van der Waals surface area contributed by atoms with Gasteiger partial charge in [0, 0.05) is 33.9 Å². The minimum Gasteiger partial charge on any atom is -0.459 e. The summed E-state index contributed by atoms with van der Waals surface area (Å²) in [4.78, 5) is 38.4. The number of nitrogens with one attached hydrogen (secondary N) is 4. The summed E-state index contributed by atoms with van der Waals surface area (Å²) in [5.41, 5.74) is 2.99. The van der Waals surface area contributed by atoms with Crippen LogP contribution in [0.2, 0.25) is 0 Å². The molecule has 1 aliphatic carbocycles. The molecule has 0 aromatic heterocycles. The summed E-state index contributed by atoms with van der Waals surface area (Å²) >= 11 is 0. The lowest BCUT2D eigenvalue weighted by Crippen LogP contribution is -2.23. The molecule has 39 heavy (non-hydrogen) atoms. The van der Waals surface area contributed by atoms with Gasteiger partial charge in [0.25, 0.3) is 0 Å². The molecule has 4 N–H and O–H groups in total. The minimum atomic E-state index is -0.552. The van der Waals surface area contributed by atoms with Crippen molar-refractivity contribution in [1.29, 1.82) is 0 Å². The largest absolute Gasteiger partial charge is 0.459 e. The summed E-state index contributed by atoms with van der Waals surface area (Å²) in [6.45, 7) is 0. The van der Waals surface area contributed by atoms with Gasteiger partial charge >= 0.3 is 18.0 Å². The quantitative estimate of drug-likeness (QED) is 0.222. The SMILES string of the molecule is C#Cc1cccc(NC(=O)Nc2cc(NC(=O)Nc3cccc(C#C)c3)cc(C(=O)OC3CCCCC3)c2)c1. The number of terminal acetylenes is 2. The highest BCUT2D eigenvalue weighted by Crippen LogP contribution is 2.25. The van der Waals surface area contributed by atoms with Gasteiger partial charge in [-0.3, -0.25) is 0 Å². The Morgan fingerprint density at radius 2 is 1.15 bits per heavy atom. The molecule has 4 rings (SSSR count). The maximum Gasteiger partial charge on any atom is 0.338 e. The monoisotopic (exact) mass is 520 g/mol. The molecular formula is C31H28N4O4. The summed E-state index contributed by atoms with van der Waals surface area (Å²) in [5.74, 6) is 4.50. The normalized spacial score (nSPS) is 12.8. The molecule has 0 radical (unpaired) electrons. The molecule has 0 heterocycles. The molecule has 1 fully saturated rings. The predicted molar refractivity (Wildman–Crippen MR) is 153 cm³/mol. The van der Waals surface area contributed by atoms with E-state index in [1.54, 1.807) is 48.5 Å². The Kier molecular flexibility index (Phi) is 8.84. The van der Waals surface area contributed by atoms with E-state index in [1.807, 2.05) is 0 Å². The van der Waals surface area contributed by atoms with E-state index in [0.717, 1.165) is 32.1 Å². The molecule has 8 heteroatoms. The summed E-state index contributed by atoms with van der Waals surface area (Å²) in [6, 6.07) is 17.1. The highest BCUT2D eigenvalue weighted by atomic mass is 16.5. The number of carbonyl (C=O) groups is 3. The Morgan fingerprint density at radius 3 is 1.64 bits per heavy atom. The van der Waals surface area contributed by atoms with E-state index < -0.39 is 18.0 Å². The van der Waals surface area contributed by atoms with Crippen LogP contribution in [0.15, 0.2) is 66.7 Å². The number of hydrogen-bond acceptors (Lipinski definition) is 4. The smallest absolute Gasteiger partial charge is 0.338 e. The van der Waals surface area contributed by atoms with Crippen molar-refractivity contribution in [3.63, 3.8) is 0 Å². The second-order valence-corrected chi connectivity index (χ2v) is 9.07. The van der Waals surface area contributed by atoms with Gasteiger partial charge in [-0.1, -0.05) is 30.4 Å². The van der Waals surface area contributed by atoms with Crippen molar-refractivity contribution >= 4 is 40.8 Å². The van der Waals surface area contributed by atoms with Crippen LogP contribution < -0.4 is 21.3 Å². The van der Waals surface area contributed by atoms with Crippen molar-refractivity contribution in [2.45, 2.75) is 38.2 Å². The second kappa shape index (κ2) is 12.8. The van der Waals surface area contributed by atoms with Crippen molar-refractivity contribution < 1.29 is 19.1 Å². The third-order valence-electron chi connectivity index (χ3n) is 6.08. The first kappa shape index (κ1) is 26.8. The zero-order chi connectivity index (χ0) is 27.6. The first-order chi connectivity index (χ1) is 18.9. The van der Waals surface area contributed by atoms with Crippen molar-refractivity contribution in [2.75, 3.05) is 21.3 Å². The number of anilines is 4. The number of rotatable bonds is 6. The van der Waals surface area contributed by atoms with Crippen molar-refractivity contribution in [3.05, 3.63) is 83.4 Å². The number of esters is 1. The Bertz CT molecular complexity index is 1370. The third-order valence-corrected chi connectivity index (χ3v) is 6.08. The number of benzene rings is 3. The van der Waals surface area contributed by atoms with Crippen LogP contribution in [-0.4, -0.2) is 24.1 Å². The van der Waals surface area contributed by atoms with Gasteiger partial charge in [0.15, 0.2) is 0 Å². The number of ether oxygens (including phenoxy) is 1. The highest BCUT2D eigenvalue weighted by molar-refractivity contribution is 6.04. The summed E-state index contributed by atoms with van der Waals surface area (Å²) in [7, 11) is 0. The van der Waals surface area contributed by atoms with E-state index in [0.29, 0.717) is 22.5 Å². The first-order valence-corrected chi connectivity index (χ1v) is 12.6. The predicted octanol–water partition coefficient (Wildman–Crippen LogP) is 6.43. The maximum atomic E-state index is 13.0. The maximum absolute atomic E-state index is 13.0. The number of amides is 4. The van der Waals surface area contributed by atoms with Gasteiger partial charge in [0.05, 0.1) is 5.56 Å². The molecule has 196 valence electrons. The zero-order valence-electron chi connectivity index (χ0n) is 21.3. The molecule has 0 spiro atoms. The molecule has 0 aliphatic heterocycles. The number of urea groups is 2. The molecule has 0 atom stereocenters. The molecule has 1 saturated carbocycles. The van der Waals surface area contributed by atoms with Crippen molar-refractivity contribution in [3.8, 4) is 24.7 Å². The van der Waals surface area contributed by atoms with Gasteiger partial charge in [-0.2, -0.15) is 0 Å². The van der Waals surface area contributed by atoms with E-state index in [1.165, 1.54) is 18.2 Å². The Balaban J connectivity index is 1.52. The second-order valence-electron chi connectivity index (χ2n) is 9.07. The average Bonchev–Trinajstić information content (AvgIpc) is 2.93. The minimum absolute atomic E-state index is 0.155. The highest BCUT2D eigenvalue weighted by Gasteiger charge is 2.20. The van der Waals surface area contributed by atoms with Crippen molar-refractivity contribution in [1.82, 2.24) is 0 Å². The summed E-state index contributed by atoms with van der Waals surface area (Å²) in [6.07, 6.45) is 15.5. The molecule has 4 amide bonds. The third kappa shape index (κ3) is 7.88. The lowest BCUT2D eigenvalue weighted by molar-refractivity contribution is 0.0211. The molecule has 0 unspecified atom stereocenters. The Morgan fingerprint density at radius 1 is 0.667 bits per heavy atom. The van der Waals surface area contributed by atoms with Crippen LogP contribution in [0.1, 0.15) is 53.6 Å². The number of hydrogen-bond donors (Lipinski definition) is 4. The van der Waals surface area contributed by atoms with Crippen molar-refractivity contribution in [2.24, 2.45) is 0 Å². The molecule has 3 aromatic rings. The standard InChI is InChI=1S/C31H28N4O4/c1-3-21-10-8-12-24(16-21)32-30(37)34-26-18-23(29(36)39-28-14-6-5-7-15-28)19-27(20-26)35-31(38)33-25-13-9-11-22(4-2)17-25/h1-2,8-13,16-20,28H,5-7,14-15H2,(H2,32,34,37)(H2,33,35,38). The van der Waals surface area contributed by atoms with E-state index in [2.05, 4.69) is 33.1 Å². The van der Waals surface area contributed by atoms with Gasteiger partial charge in [-0.15, -0.1) is 12.8 Å². The topological polar surface area (TPSA) is 109 Å². The van der Waals surface area contributed by atoms with Crippen LogP contribution in [-0.2, 0) is 4.74 Å². The molecule has 8 nitrogen and oxygen atoms in total. The Labute approximate surface area is 227 Å². The van der Waals surface area contributed by atoms with E-state index >= 15 is 0 Å².